The summed E-state index contributed by atoms with van der Waals surface area (Å²) in [6.07, 6.45) is 0. The van der Waals surface area contributed by atoms with Crippen LogP contribution in [-0.4, -0.2) is 42.6 Å². The molecule has 2 heterocycles. The van der Waals surface area contributed by atoms with E-state index >= 15 is 0 Å². The molecule has 1 atom stereocenters. The summed E-state index contributed by atoms with van der Waals surface area (Å²) in [4.78, 5) is 0.261. The average molecular weight is 355 g/mol. The molecule has 2 aromatic rings. The van der Waals surface area contributed by atoms with Crippen LogP contribution in [-0.2, 0) is 10.0 Å². The summed E-state index contributed by atoms with van der Waals surface area (Å²) in [5.74, 6) is 0. The van der Waals surface area contributed by atoms with Crippen molar-refractivity contribution in [1.82, 2.24) is 19.8 Å². The molecule has 0 amide bonds. The molecule has 0 saturated carbocycles. The van der Waals surface area contributed by atoms with Crippen molar-refractivity contribution in [3.05, 3.63) is 46.2 Å². The average Bonchev–Trinajstić information content (AvgIpc) is 2.87. The zero-order valence-electron chi connectivity index (χ0n) is 13.0. The first-order chi connectivity index (χ1) is 10.9. The molecule has 0 bridgehead atoms. The van der Waals surface area contributed by atoms with Crippen molar-refractivity contribution in [2.45, 2.75) is 24.8 Å². The van der Waals surface area contributed by atoms with Crippen molar-refractivity contribution in [3.8, 4) is 0 Å². The van der Waals surface area contributed by atoms with Crippen molar-refractivity contribution >= 4 is 21.6 Å². The topological polar surface area (TPSA) is 78.1 Å². The summed E-state index contributed by atoms with van der Waals surface area (Å²) in [6.45, 7) is 4.94. The molecule has 1 aliphatic heterocycles. The first-order valence-electron chi connectivity index (χ1n) is 7.41. The SMILES string of the molecule is Cc1n[nH]c(C)c1S(=O)(=O)N1CCNCC1c1ccccc1Cl. The van der Waals surface area contributed by atoms with E-state index in [0.717, 1.165) is 5.56 Å². The van der Waals surface area contributed by atoms with Gasteiger partial charge in [0.1, 0.15) is 4.90 Å². The molecular formula is C15H19ClN4O2S. The molecule has 1 aliphatic rings. The van der Waals surface area contributed by atoms with Gasteiger partial charge in [-0.3, -0.25) is 5.10 Å². The summed E-state index contributed by atoms with van der Waals surface area (Å²) < 4.78 is 27.9. The Morgan fingerprint density at radius 1 is 1.30 bits per heavy atom. The number of rotatable bonds is 3. The van der Waals surface area contributed by atoms with Gasteiger partial charge in [-0.2, -0.15) is 9.40 Å². The summed E-state index contributed by atoms with van der Waals surface area (Å²) in [6, 6.07) is 7.03. The normalized spacial score (nSPS) is 19.9. The van der Waals surface area contributed by atoms with Crippen LogP contribution in [0.1, 0.15) is 23.0 Å². The van der Waals surface area contributed by atoms with Crippen LogP contribution in [0, 0.1) is 13.8 Å². The van der Waals surface area contributed by atoms with E-state index in [-0.39, 0.29) is 10.9 Å². The number of aromatic amines is 1. The highest BCUT2D eigenvalue weighted by Crippen LogP contribution is 2.33. The molecule has 0 spiro atoms. The van der Waals surface area contributed by atoms with E-state index in [2.05, 4.69) is 15.5 Å². The summed E-state index contributed by atoms with van der Waals surface area (Å²) in [7, 11) is -3.65. The summed E-state index contributed by atoms with van der Waals surface area (Å²) in [5.41, 5.74) is 1.85. The lowest BCUT2D eigenvalue weighted by molar-refractivity contribution is 0.271. The quantitative estimate of drug-likeness (QED) is 0.883. The zero-order valence-corrected chi connectivity index (χ0v) is 14.6. The fourth-order valence-corrected chi connectivity index (χ4v) is 5.22. The van der Waals surface area contributed by atoms with Crippen molar-refractivity contribution in [2.24, 2.45) is 0 Å². The second-order valence-corrected chi connectivity index (χ2v) is 7.85. The van der Waals surface area contributed by atoms with Gasteiger partial charge in [-0.15, -0.1) is 0 Å². The van der Waals surface area contributed by atoms with Gasteiger partial charge in [0, 0.05) is 24.7 Å². The molecule has 1 saturated heterocycles. The maximum absolute atomic E-state index is 13.2. The Morgan fingerprint density at radius 3 is 2.70 bits per heavy atom. The van der Waals surface area contributed by atoms with E-state index in [1.807, 2.05) is 18.2 Å². The van der Waals surface area contributed by atoms with Crippen LogP contribution in [0.2, 0.25) is 5.02 Å². The van der Waals surface area contributed by atoms with E-state index in [4.69, 9.17) is 11.6 Å². The molecule has 8 heteroatoms. The van der Waals surface area contributed by atoms with Crippen LogP contribution in [0.15, 0.2) is 29.2 Å². The molecule has 1 fully saturated rings. The molecule has 1 aromatic carbocycles. The highest BCUT2D eigenvalue weighted by Gasteiger charge is 2.37. The van der Waals surface area contributed by atoms with Gasteiger partial charge >= 0.3 is 0 Å². The Kier molecular flexibility index (Phi) is 4.46. The predicted octanol–water partition coefficient (Wildman–Crippen LogP) is 2.02. The van der Waals surface area contributed by atoms with Gasteiger partial charge in [0.2, 0.25) is 10.0 Å². The minimum absolute atomic E-state index is 0.261. The Hall–Kier alpha value is -1.41. The Morgan fingerprint density at radius 2 is 2.04 bits per heavy atom. The van der Waals surface area contributed by atoms with E-state index in [1.165, 1.54) is 4.31 Å². The largest absolute Gasteiger partial charge is 0.313 e. The van der Waals surface area contributed by atoms with Gasteiger partial charge < -0.3 is 5.32 Å². The minimum atomic E-state index is -3.65. The molecule has 2 N–H and O–H groups in total. The molecule has 6 nitrogen and oxygen atoms in total. The number of hydrogen-bond acceptors (Lipinski definition) is 4. The number of piperazine rings is 1. The first-order valence-corrected chi connectivity index (χ1v) is 9.23. The number of benzene rings is 1. The van der Waals surface area contributed by atoms with Gasteiger partial charge in [0.25, 0.3) is 0 Å². The molecule has 1 aromatic heterocycles. The third-order valence-corrected chi connectivity index (χ3v) is 6.60. The van der Waals surface area contributed by atoms with Crippen molar-refractivity contribution in [2.75, 3.05) is 19.6 Å². The number of halogens is 1. The van der Waals surface area contributed by atoms with Crippen LogP contribution in [0.25, 0.3) is 0 Å². The highest BCUT2D eigenvalue weighted by atomic mass is 35.5. The van der Waals surface area contributed by atoms with Gasteiger partial charge in [0.15, 0.2) is 0 Å². The van der Waals surface area contributed by atoms with Gasteiger partial charge in [-0.1, -0.05) is 29.8 Å². The van der Waals surface area contributed by atoms with E-state index in [0.29, 0.717) is 36.0 Å². The standard InChI is InChI=1S/C15H19ClN4O2S/c1-10-15(11(2)19-18-10)23(21,22)20-8-7-17-9-14(20)12-5-3-4-6-13(12)16/h3-6,14,17H,7-9H2,1-2H3,(H,18,19). The monoisotopic (exact) mass is 354 g/mol. The number of hydrogen-bond donors (Lipinski definition) is 2. The number of nitrogens with zero attached hydrogens (tertiary/aromatic N) is 2. The van der Waals surface area contributed by atoms with Crippen molar-refractivity contribution < 1.29 is 8.42 Å². The fourth-order valence-electron chi connectivity index (χ4n) is 3.02. The Bertz CT molecular complexity index is 799. The van der Waals surface area contributed by atoms with Crippen LogP contribution >= 0.6 is 11.6 Å². The lowest BCUT2D eigenvalue weighted by atomic mass is 10.1. The van der Waals surface area contributed by atoms with E-state index in [1.54, 1.807) is 19.9 Å². The lowest BCUT2D eigenvalue weighted by Gasteiger charge is -2.35. The van der Waals surface area contributed by atoms with Crippen molar-refractivity contribution in [3.63, 3.8) is 0 Å². The van der Waals surface area contributed by atoms with Gasteiger partial charge in [-0.05, 0) is 25.5 Å². The minimum Gasteiger partial charge on any atom is -0.313 e. The number of aromatic nitrogens is 2. The number of nitrogens with one attached hydrogen (secondary N) is 2. The third kappa shape index (κ3) is 2.89. The maximum atomic E-state index is 13.2. The van der Waals surface area contributed by atoms with Crippen LogP contribution in [0.4, 0.5) is 0 Å². The molecule has 0 radical (unpaired) electrons. The molecule has 124 valence electrons. The fraction of sp³-hybridized carbons (Fsp3) is 0.400. The molecule has 3 rings (SSSR count). The Labute approximate surface area is 140 Å². The highest BCUT2D eigenvalue weighted by molar-refractivity contribution is 7.89. The second kappa shape index (κ2) is 6.24. The molecule has 23 heavy (non-hydrogen) atoms. The van der Waals surface area contributed by atoms with E-state index < -0.39 is 10.0 Å². The number of sulfonamides is 1. The zero-order chi connectivity index (χ0) is 16.6. The van der Waals surface area contributed by atoms with Crippen LogP contribution in [0.3, 0.4) is 0 Å². The maximum Gasteiger partial charge on any atom is 0.247 e. The number of H-pyrrole nitrogens is 1. The third-order valence-electron chi connectivity index (χ3n) is 4.09. The summed E-state index contributed by atoms with van der Waals surface area (Å²) >= 11 is 6.29. The van der Waals surface area contributed by atoms with Gasteiger partial charge in [-0.25, -0.2) is 8.42 Å². The Balaban J connectivity index is 2.07. The molecule has 0 aliphatic carbocycles. The van der Waals surface area contributed by atoms with E-state index in [9.17, 15) is 8.42 Å². The number of aryl methyl sites for hydroxylation is 2. The predicted molar refractivity (Wildman–Crippen MR) is 89.0 cm³/mol. The smallest absolute Gasteiger partial charge is 0.247 e. The first kappa shape index (κ1) is 16.4. The van der Waals surface area contributed by atoms with Crippen molar-refractivity contribution in [1.29, 1.82) is 0 Å². The second-order valence-electron chi connectivity index (χ2n) is 5.62. The van der Waals surface area contributed by atoms with Crippen LogP contribution in [0.5, 0.6) is 0 Å². The lowest BCUT2D eigenvalue weighted by Crippen LogP contribution is -2.48. The van der Waals surface area contributed by atoms with Crippen LogP contribution < -0.4 is 5.32 Å². The molecular weight excluding hydrogens is 336 g/mol. The summed E-state index contributed by atoms with van der Waals surface area (Å²) in [5, 5.41) is 10.6. The van der Waals surface area contributed by atoms with Gasteiger partial charge in [0.05, 0.1) is 17.4 Å². The molecule has 1 unspecified atom stereocenters.